The lowest BCUT2D eigenvalue weighted by Gasteiger charge is -2.08. The second-order valence-electron chi connectivity index (χ2n) is 3.86. The molecule has 0 aliphatic rings. The zero-order chi connectivity index (χ0) is 14.7. The number of aromatic nitrogens is 2. The van der Waals surface area contributed by atoms with Gasteiger partial charge in [0.25, 0.3) is 6.43 Å². The highest BCUT2D eigenvalue weighted by molar-refractivity contribution is 6.30. The van der Waals surface area contributed by atoms with Crippen LogP contribution in [0.1, 0.15) is 29.4 Å². The Labute approximate surface area is 118 Å². The van der Waals surface area contributed by atoms with Gasteiger partial charge in [-0.2, -0.15) is 5.10 Å². The van der Waals surface area contributed by atoms with Gasteiger partial charge in [0.1, 0.15) is 11.3 Å². The van der Waals surface area contributed by atoms with E-state index in [1.54, 1.807) is 25.1 Å². The molecule has 0 spiro atoms. The van der Waals surface area contributed by atoms with Gasteiger partial charge in [-0.3, -0.25) is 0 Å². The highest BCUT2D eigenvalue weighted by atomic mass is 35.5. The molecular weight excluding hydrogens is 290 g/mol. The first-order valence-electron chi connectivity index (χ1n) is 5.83. The molecule has 0 aliphatic carbocycles. The average Bonchev–Trinajstić information content (AvgIpc) is 2.83. The number of carbonyl (C=O) groups excluding carboxylic acids is 1. The molecule has 0 saturated carbocycles. The Morgan fingerprint density at radius 1 is 1.50 bits per heavy atom. The Bertz CT molecular complexity index is 629. The van der Waals surface area contributed by atoms with Crippen LogP contribution in [0.25, 0.3) is 5.69 Å². The third-order valence-corrected chi connectivity index (χ3v) is 2.80. The zero-order valence-electron chi connectivity index (χ0n) is 10.5. The third-order valence-electron chi connectivity index (χ3n) is 2.56. The fourth-order valence-electron chi connectivity index (χ4n) is 1.75. The van der Waals surface area contributed by atoms with E-state index < -0.39 is 18.1 Å². The lowest BCUT2D eigenvalue weighted by atomic mass is 10.2. The Balaban J connectivity index is 2.52. The summed E-state index contributed by atoms with van der Waals surface area (Å²) in [5.74, 6) is -0.823. The molecule has 1 heterocycles. The highest BCUT2D eigenvalue weighted by Gasteiger charge is 2.26. The van der Waals surface area contributed by atoms with E-state index in [1.807, 2.05) is 0 Å². The number of carbonyl (C=O) groups is 1. The summed E-state index contributed by atoms with van der Waals surface area (Å²) in [6.07, 6.45) is -1.80. The summed E-state index contributed by atoms with van der Waals surface area (Å²) in [5.41, 5.74) is -0.407. The maximum atomic E-state index is 13.2. The minimum atomic E-state index is -2.86. The van der Waals surface area contributed by atoms with Crippen LogP contribution >= 0.6 is 11.6 Å². The summed E-state index contributed by atoms with van der Waals surface area (Å²) < 4.78 is 32.1. The lowest BCUT2D eigenvalue weighted by molar-refractivity contribution is 0.0514. The van der Waals surface area contributed by atoms with Crippen molar-refractivity contribution in [3.63, 3.8) is 0 Å². The molecule has 2 aromatic rings. The van der Waals surface area contributed by atoms with Crippen molar-refractivity contribution in [2.45, 2.75) is 13.3 Å². The maximum absolute atomic E-state index is 13.2. The normalized spacial score (nSPS) is 10.8. The summed E-state index contributed by atoms with van der Waals surface area (Å²) in [6, 6.07) is 6.27. The zero-order valence-corrected chi connectivity index (χ0v) is 11.3. The number of nitrogens with zero attached hydrogens (tertiary/aromatic N) is 2. The van der Waals surface area contributed by atoms with Gasteiger partial charge in [-0.05, 0) is 25.1 Å². The van der Waals surface area contributed by atoms with Crippen molar-refractivity contribution in [1.82, 2.24) is 9.78 Å². The topological polar surface area (TPSA) is 44.1 Å². The molecule has 106 valence electrons. The predicted molar refractivity (Wildman–Crippen MR) is 69.5 cm³/mol. The number of ether oxygens (including phenoxy) is 1. The van der Waals surface area contributed by atoms with Gasteiger partial charge in [0.05, 0.1) is 18.5 Å². The molecule has 0 fully saturated rings. The Hall–Kier alpha value is -1.95. The Kier molecular flexibility index (Phi) is 4.34. The van der Waals surface area contributed by atoms with Crippen LogP contribution in [0.3, 0.4) is 0 Å². The molecule has 0 radical (unpaired) electrons. The number of esters is 1. The summed E-state index contributed by atoms with van der Waals surface area (Å²) in [6.45, 7) is 1.70. The minimum absolute atomic E-state index is 0.101. The summed E-state index contributed by atoms with van der Waals surface area (Å²) in [5, 5.41) is 4.21. The number of hydrogen-bond acceptors (Lipinski definition) is 3. The molecule has 0 aliphatic heterocycles. The van der Waals surface area contributed by atoms with Crippen molar-refractivity contribution in [2.75, 3.05) is 6.61 Å². The first-order valence-corrected chi connectivity index (χ1v) is 6.21. The number of hydrogen-bond donors (Lipinski definition) is 0. The SMILES string of the molecule is CCOC(=O)c1cnn(-c2cccc(Cl)c2)c1C(F)F. The summed E-state index contributed by atoms with van der Waals surface area (Å²) >= 11 is 5.83. The molecule has 0 saturated heterocycles. The molecule has 0 N–H and O–H groups in total. The quantitative estimate of drug-likeness (QED) is 0.810. The molecule has 7 heteroatoms. The van der Waals surface area contributed by atoms with Crippen molar-refractivity contribution in [3.8, 4) is 5.69 Å². The van der Waals surface area contributed by atoms with Gasteiger partial charge >= 0.3 is 5.97 Å². The van der Waals surface area contributed by atoms with E-state index in [9.17, 15) is 13.6 Å². The molecule has 0 atom stereocenters. The molecule has 1 aromatic carbocycles. The van der Waals surface area contributed by atoms with Gasteiger partial charge in [-0.1, -0.05) is 17.7 Å². The Morgan fingerprint density at radius 2 is 2.25 bits per heavy atom. The largest absolute Gasteiger partial charge is 0.462 e. The Morgan fingerprint density at radius 3 is 2.85 bits per heavy atom. The average molecular weight is 301 g/mol. The molecule has 0 unspecified atom stereocenters. The standard InChI is InChI=1S/C13H11ClF2N2O2/c1-2-20-13(19)10-7-17-18(11(10)12(15)16)9-5-3-4-8(14)6-9/h3-7,12H,2H2,1H3. The first kappa shape index (κ1) is 14.5. The summed E-state index contributed by atoms with van der Waals surface area (Å²) in [7, 11) is 0. The van der Waals surface area contributed by atoms with Gasteiger partial charge in [0, 0.05) is 5.02 Å². The van der Waals surface area contributed by atoms with Crippen LogP contribution in [0.5, 0.6) is 0 Å². The van der Waals surface area contributed by atoms with E-state index in [1.165, 1.54) is 6.07 Å². The van der Waals surface area contributed by atoms with E-state index in [2.05, 4.69) is 5.10 Å². The van der Waals surface area contributed by atoms with Crippen LogP contribution in [0.2, 0.25) is 5.02 Å². The van der Waals surface area contributed by atoms with Crippen LogP contribution < -0.4 is 0 Å². The van der Waals surface area contributed by atoms with E-state index in [0.717, 1.165) is 10.9 Å². The second-order valence-corrected chi connectivity index (χ2v) is 4.29. The molecule has 0 bridgehead atoms. The fourth-order valence-corrected chi connectivity index (χ4v) is 1.93. The fraction of sp³-hybridized carbons (Fsp3) is 0.231. The van der Waals surface area contributed by atoms with Crippen molar-refractivity contribution in [3.05, 3.63) is 46.7 Å². The van der Waals surface area contributed by atoms with Gasteiger partial charge in [-0.15, -0.1) is 0 Å². The molecule has 20 heavy (non-hydrogen) atoms. The van der Waals surface area contributed by atoms with Crippen molar-refractivity contribution in [2.24, 2.45) is 0 Å². The summed E-state index contributed by atoms with van der Waals surface area (Å²) in [4.78, 5) is 11.6. The van der Waals surface area contributed by atoms with Crippen LogP contribution in [0.4, 0.5) is 8.78 Å². The molecule has 1 aromatic heterocycles. The lowest BCUT2D eigenvalue weighted by Crippen LogP contribution is -2.10. The second kappa shape index (κ2) is 6.00. The molecule has 2 rings (SSSR count). The highest BCUT2D eigenvalue weighted by Crippen LogP contribution is 2.27. The van der Waals surface area contributed by atoms with Gasteiger partial charge in [-0.25, -0.2) is 18.3 Å². The van der Waals surface area contributed by atoms with Gasteiger partial charge in [0.2, 0.25) is 0 Å². The smallest absolute Gasteiger partial charge is 0.341 e. The maximum Gasteiger partial charge on any atom is 0.341 e. The number of alkyl halides is 2. The van der Waals surface area contributed by atoms with Crippen LogP contribution in [-0.4, -0.2) is 22.4 Å². The monoisotopic (exact) mass is 300 g/mol. The molecular formula is C13H11ClF2N2O2. The van der Waals surface area contributed by atoms with Crippen molar-refractivity contribution in [1.29, 1.82) is 0 Å². The van der Waals surface area contributed by atoms with Crippen molar-refractivity contribution < 1.29 is 18.3 Å². The van der Waals surface area contributed by atoms with E-state index >= 15 is 0 Å². The van der Waals surface area contributed by atoms with Crippen molar-refractivity contribution >= 4 is 17.6 Å². The van der Waals surface area contributed by atoms with E-state index in [4.69, 9.17) is 16.3 Å². The van der Waals surface area contributed by atoms with Crippen LogP contribution in [0, 0.1) is 0 Å². The number of rotatable bonds is 4. The third kappa shape index (κ3) is 2.80. The van der Waals surface area contributed by atoms with E-state index in [-0.39, 0.29) is 12.2 Å². The van der Waals surface area contributed by atoms with Gasteiger partial charge in [0.15, 0.2) is 0 Å². The first-order chi connectivity index (χ1) is 9.54. The van der Waals surface area contributed by atoms with E-state index in [0.29, 0.717) is 10.7 Å². The predicted octanol–water partition coefficient (Wildman–Crippen LogP) is 3.64. The number of halogens is 3. The molecule has 0 amide bonds. The minimum Gasteiger partial charge on any atom is -0.462 e. The molecule has 4 nitrogen and oxygen atoms in total. The van der Waals surface area contributed by atoms with Gasteiger partial charge < -0.3 is 4.74 Å². The van der Waals surface area contributed by atoms with Crippen LogP contribution in [-0.2, 0) is 4.74 Å². The number of benzene rings is 1. The van der Waals surface area contributed by atoms with Crippen LogP contribution in [0.15, 0.2) is 30.5 Å².